The molecule has 0 heterocycles. The zero-order valence-corrected chi connectivity index (χ0v) is 21.4. The van der Waals surface area contributed by atoms with E-state index < -0.39 is 24.2 Å². The minimum atomic E-state index is -0.785. The maximum absolute atomic E-state index is 14.5. The molecule has 0 atom stereocenters. The smallest absolute Gasteiger partial charge is 0.349 e. The lowest BCUT2D eigenvalue weighted by molar-refractivity contribution is -0.136. The number of carbonyl (C=O) groups is 1. The number of nitrogens with zero attached hydrogens (tertiary/aromatic N) is 2. The summed E-state index contributed by atoms with van der Waals surface area (Å²) in [6, 6.07) is 25.0. The van der Waals surface area contributed by atoms with Gasteiger partial charge in [-0.15, -0.1) is 0 Å². The van der Waals surface area contributed by atoms with Crippen LogP contribution in [0.15, 0.2) is 84.9 Å². The number of esters is 1. The molecule has 4 aromatic rings. The fraction of sp³-hybridized carbons (Fsp3) is 0.129. The second-order valence-corrected chi connectivity index (χ2v) is 8.36. The summed E-state index contributed by atoms with van der Waals surface area (Å²) >= 11 is 0. The molecule has 7 nitrogen and oxygen atoms in total. The van der Waals surface area contributed by atoms with Gasteiger partial charge >= 0.3 is 5.97 Å². The van der Waals surface area contributed by atoms with Gasteiger partial charge in [0.2, 0.25) is 0 Å². The molecule has 0 bridgehead atoms. The zero-order chi connectivity index (χ0) is 28.9. The van der Waals surface area contributed by atoms with Crippen LogP contribution in [-0.4, -0.2) is 25.7 Å². The van der Waals surface area contributed by atoms with Gasteiger partial charge in [-0.25, -0.2) is 13.6 Å². The molecule has 0 saturated heterocycles. The monoisotopic (exact) mass is 540 g/mol. The molecule has 0 fully saturated rings. The molecule has 0 aliphatic rings. The quantitative estimate of drug-likeness (QED) is 0.228. The molecular formula is C31H26F2N4O3. The Labute approximate surface area is 230 Å². The molecule has 202 valence electrons. The Bertz CT molecular complexity index is 1520. The molecule has 0 aliphatic heterocycles. The van der Waals surface area contributed by atoms with Crippen LogP contribution in [0.4, 0.5) is 8.78 Å². The van der Waals surface area contributed by atoms with E-state index in [4.69, 9.17) is 31.5 Å². The normalized spacial score (nSPS) is 9.95. The van der Waals surface area contributed by atoms with Crippen LogP contribution in [0.5, 0.6) is 11.5 Å². The van der Waals surface area contributed by atoms with Crippen LogP contribution in [0.1, 0.15) is 17.5 Å². The molecule has 4 N–H and O–H groups in total. The fourth-order valence-corrected chi connectivity index (χ4v) is 3.48. The van der Waals surface area contributed by atoms with Gasteiger partial charge in [0.15, 0.2) is 6.61 Å². The number of hydrogen-bond acceptors (Lipinski definition) is 7. The Morgan fingerprint density at radius 2 is 1.15 bits per heavy atom. The van der Waals surface area contributed by atoms with Gasteiger partial charge in [-0.2, -0.15) is 10.5 Å². The topological polar surface area (TPSA) is 135 Å². The van der Waals surface area contributed by atoms with E-state index in [1.807, 2.05) is 12.1 Å². The van der Waals surface area contributed by atoms with E-state index in [2.05, 4.69) is 0 Å². The number of nitriles is 2. The number of benzene rings is 4. The first kappa shape index (κ1) is 29.5. The number of hydrogen-bond donors (Lipinski definition) is 2. The van der Waals surface area contributed by atoms with Gasteiger partial charge < -0.3 is 20.9 Å². The van der Waals surface area contributed by atoms with Crippen molar-refractivity contribution in [2.24, 2.45) is 11.5 Å². The third-order valence-electron chi connectivity index (χ3n) is 5.53. The average molecular weight is 541 g/mol. The van der Waals surface area contributed by atoms with E-state index >= 15 is 0 Å². The van der Waals surface area contributed by atoms with Crippen LogP contribution in [0.25, 0.3) is 22.3 Å². The number of ether oxygens (including phenoxy) is 2. The standard InChI is InChI=1S/C28H16F2N2O3.C3H10N2/c29-26-13-22(9-11-24(26)20-5-1-18(15-31)2-6-20)34-17-28(33)35-23-10-12-25(27(30)14-23)21-7-3-19(16-32)4-8-21;4-2-1-3-5/h1-14H,17H2;1-5H2. The minimum absolute atomic E-state index is 0.00385. The summed E-state index contributed by atoms with van der Waals surface area (Å²) in [5.74, 6) is -1.82. The average Bonchev–Trinajstić information content (AvgIpc) is 2.97. The molecule has 4 aromatic carbocycles. The molecule has 0 aromatic heterocycles. The first-order valence-electron chi connectivity index (χ1n) is 12.2. The SMILES string of the molecule is N#Cc1ccc(-c2ccc(OCC(=O)Oc3ccc(-c4ccc(C#N)cc4)c(F)c3)cc2F)cc1.NCCCN. The van der Waals surface area contributed by atoms with Gasteiger partial charge in [-0.05, 0) is 79.2 Å². The number of nitrogens with two attached hydrogens (primary N) is 2. The number of halogens is 2. The summed E-state index contributed by atoms with van der Waals surface area (Å²) in [5.41, 5.74) is 12.8. The molecule has 0 spiro atoms. The highest BCUT2D eigenvalue weighted by Gasteiger charge is 2.12. The van der Waals surface area contributed by atoms with Crippen LogP contribution in [0, 0.1) is 34.3 Å². The van der Waals surface area contributed by atoms with Crippen molar-refractivity contribution in [1.29, 1.82) is 10.5 Å². The second kappa shape index (κ2) is 14.7. The predicted octanol–water partition coefficient (Wildman–Crippen LogP) is 5.32. The third kappa shape index (κ3) is 8.20. The third-order valence-corrected chi connectivity index (χ3v) is 5.53. The van der Waals surface area contributed by atoms with Crippen LogP contribution < -0.4 is 20.9 Å². The summed E-state index contributed by atoms with van der Waals surface area (Å²) in [4.78, 5) is 12.1. The Kier molecular flexibility index (Phi) is 10.9. The van der Waals surface area contributed by atoms with Gasteiger partial charge in [-0.3, -0.25) is 0 Å². The lowest BCUT2D eigenvalue weighted by atomic mass is 10.0. The van der Waals surface area contributed by atoms with Crippen molar-refractivity contribution < 1.29 is 23.0 Å². The van der Waals surface area contributed by atoms with E-state index in [0.717, 1.165) is 31.6 Å². The van der Waals surface area contributed by atoms with Crippen molar-refractivity contribution in [3.05, 3.63) is 108 Å². The van der Waals surface area contributed by atoms with Crippen molar-refractivity contribution in [1.82, 2.24) is 0 Å². The van der Waals surface area contributed by atoms with E-state index in [1.54, 1.807) is 48.5 Å². The number of carbonyl (C=O) groups excluding carboxylic acids is 1. The molecule has 0 unspecified atom stereocenters. The molecule has 4 rings (SSSR count). The van der Waals surface area contributed by atoms with Crippen molar-refractivity contribution >= 4 is 5.97 Å². The van der Waals surface area contributed by atoms with Gasteiger partial charge in [0.25, 0.3) is 0 Å². The predicted molar refractivity (Wildman–Crippen MR) is 147 cm³/mol. The van der Waals surface area contributed by atoms with E-state index in [-0.39, 0.29) is 11.5 Å². The second-order valence-electron chi connectivity index (χ2n) is 8.36. The highest BCUT2D eigenvalue weighted by molar-refractivity contribution is 5.75. The van der Waals surface area contributed by atoms with Crippen LogP contribution in [0.2, 0.25) is 0 Å². The summed E-state index contributed by atoms with van der Waals surface area (Å²) in [5, 5.41) is 17.7. The van der Waals surface area contributed by atoms with Crippen molar-refractivity contribution in [2.75, 3.05) is 19.7 Å². The van der Waals surface area contributed by atoms with Gasteiger partial charge in [-0.1, -0.05) is 24.3 Å². The Hall–Kier alpha value is -5.09. The summed E-state index contributed by atoms with van der Waals surface area (Å²) < 4.78 is 39.5. The van der Waals surface area contributed by atoms with Gasteiger partial charge in [0.05, 0.1) is 23.3 Å². The van der Waals surface area contributed by atoms with E-state index in [0.29, 0.717) is 33.4 Å². The van der Waals surface area contributed by atoms with Crippen LogP contribution in [-0.2, 0) is 4.79 Å². The largest absolute Gasteiger partial charge is 0.482 e. The molecule has 40 heavy (non-hydrogen) atoms. The summed E-state index contributed by atoms with van der Waals surface area (Å²) in [7, 11) is 0. The summed E-state index contributed by atoms with van der Waals surface area (Å²) in [6.45, 7) is 0.932. The molecule has 0 aliphatic carbocycles. The van der Waals surface area contributed by atoms with Gasteiger partial charge in [0.1, 0.15) is 23.1 Å². The Morgan fingerprint density at radius 3 is 1.55 bits per heavy atom. The molecule has 0 saturated carbocycles. The molecule has 0 amide bonds. The lowest BCUT2D eigenvalue weighted by Gasteiger charge is -2.10. The minimum Gasteiger partial charge on any atom is -0.482 e. The zero-order valence-electron chi connectivity index (χ0n) is 21.4. The van der Waals surface area contributed by atoms with Crippen molar-refractivity contribution in [3.63, 3.8) is 0 Å². The highest BCUT2D eigenvalue weighted by Crippen LogP contribution is 2.28. The van der Waals surface area contributed by atoms with E-state index in [9.17, 15) is 13.6 Å². The Morgan fingerprint density at radius 1 is 0.700 bits per heavy atom. The van der Waals surface area contributed by atoms with Gasteiger partial charge in [0, 0.05) is 23.3 Å². The maximum Gasteiger partial charge on any atom is 0.349 e. The van der Waals surface area contributed by atoms with E-state index in [1.165, 1.54) is 24.3 Å². The molecule has 9 heteroatoms. The van der Waals surface area contributed by atoms with Crippen LogP contribution in [0.3, 0.4) is 0 Å². The van der Waals surface area contributed by atoms with Crippen molar-refractivity contribution in [2.45, 2.75) is 6.42 Å². The van der Waals surface area contributed by atoms with Crippen LogP contribution >= 0.6 is 0 Å². The lowest BCUT2D eigenvalue weighted by Crippen LogP contribution is -2.17. The first-order chi connectivity index (χ1) is 19.4. The molecular weight excluding hydrogens is 514 g/mol. The first-order valence-corrected chi connectivity index (χ1v) is 12.2. The molecule has 0 radical (unpaired) electrons. The number of rotatable bonds is 8. The fourth-order valence-electron chi connectivity index (χ4n) is 3.48. The summed E-state index contributed by atoms with van der Waals surface area (Å²) in [6.07, 6.45) is 0.944. The van der Waals surface area contributed by atoms with Crippen molar-refractivity contribution in [3.8, 4) is 45.9 Å². The maximum atomic E-state index is 14.5. The Balaban J connectivity index is 0.000000810. The highest BCUT2D eigenvalue weighted by atomic mass is 19.1.